The lowest BCUT2D eigenvalue weighted by molar-refractivity contribution is 0.503. The number of pyridine rings is 1. The zero-order valence-corrected chi connectivity index (χ0v) is 13.9. The van der Waals surface area contributed by atoms with Gasteiger partial charge in [-0.2, -0.15) is 0 Å². The van der Waals surface area contributed by atoms with Crippen LogP contribution >= 0.6 is 12.2 Å². The topological polar surface area (TPSA) is 53.3 Å². The Morgan fingerprint density at radius 2 is 2.00 bits per heavy atom. The fourth-order valence-electron chi connectivity index (χ4n) is 2.70. The molecule has 2 aromatic heterocycles. The van der Waals surface area contributed by atoms with Gasteiger partial charge in [0.05, 0.1) is 24.7 Å². The molecule has 0 radical (unpaired) electrons. The normalized spacial score (nSPS) is 15.0. The molecule has 0 aliphatic carbocycles. The lowest BCUT2D eigenvalue weighted by atomic mass is 10.2. The predicted molar refractivity (Wildman–Crippen MR) is 96.7 cm³/mol. The van der Waals surface area contributed by atoms with Crippen molar-refractivity contribution >= 4 is 28.8 Å². The number of aromatic nitrogens is 1. The first-order valence-corrected chi connectivity index (χ1v) is 8.50. The van der Waals surface area contributed by atoms with Crippen LogP contribution in [0, 0.1) is 0 Å². The molecule has 0 bridgehead atoms. The molecule has 23 heavy (non-hydrogen) atoms. The summed E-state index contributed by atoms with van der Waals surface area (Å²) in [6.07, 6.45) is 8.64. The molecule has 1 aliphatic heterocycles. The largest absolute Gasteiger partial charge is 0.467 e. The van der Waals surface area contributed by atoms with Gasteiger partial charge in [-0.1, -0.05) is 12.8 Å². The number of nitrogens with zero attached hydrogens (tertiary/aromatic N) is 2. The first-order chi connectivity index (χ1) is 11.3. The van der Waals surface area contributed by atoms with E-state index in [1.54, 1.807) is 6.26 Å². The molecule has 3 heterocycles. The van der Waals surface area contributed by atoms with Gasteiger partial charge in [0.25, 0.3) is 0 Å². The number of hydrogen-bond acceptors (Lipinski definition) is 4. The molecule has 2 N–H and O–H groups in total. The molecular weight excluding hydrogens is 308 g/mol. The van der Waals surface area contributed by atoms with Crippen LogP contribution in [0.2, 0.25) is 0 Å². The summed E-state index contributed by atoms with van der Waals surface area (Å²) < 4.78 is 5.26. The van der Waals surface area contributed by atoms with E-state index in [1.807, 2.05) is 24.4 Å². The third-order valence-corrected chi connectivity index (χ3v) is 4.19. The highest BCUT2D eigenvalue weighted by atomic mass is 32.1. The van der Waals surface area contributed by atoms with E-state index < -0.39 is 0 Å². The molecule has 0 atom stereocenters. The van der Waals surface area contributed by atoms with Crippen molar-refractivity contribution in [3.8, 4) is 0 Å². The van der Waals surface area contributed by atoms with Gasteiger partial charge < -0.3 is 20.0 Å². The second kappa shape index (κ2) is 7.97. The van der Waals surface area contributed by atoms with E-state index >= 15 is 0 Å². The molecular formula is C17H22N4OS. The summed E-state index contributed by atoms with van der Waals surface area (Å²) in [7, 11) is 0. The Morgan fingerprint density at radius 3 is 2.65 bits per heavy atom. The molecule has 0 amide bonds. The highest BCUT2D eigenvalue weighted by Crippen LogP contribution is 2.18. The van der Waals surface area contributed by atoms with Crippen LogP contribution in [0.4, 0.5) is 11.5 Å². The quantitative estimate of drug-likeness (QED) is 0.836. The molecule has 1 aliphatic rings. The summed E-state index contributed by atoms with van der Waals surface area (Å²) in [6.45, 7) is 2.77. The van der Waals surface area contributed by atoms with Crippen LogP contribution in [0.15, 0.2) is 41.1 Å². The summed E-state index contributed by atoms with van der Waals surface area (Å²) in [4.78, 5) is 6.93. The first-order valence-electron chi connectivity index (χ1n) is 8.09. The number of thiocarbonyl (C=S) groups is 1. The Bertz CT molecular complexity index is 604. The standard InChI is InChI=1S/C17H22N4OS/c23-17(19-13-15-6-5-11-22-15)20-14-7-8-16(18-12-14)21-9-3-1-2-4-10-21/h5-8,11-12H,1-4,9-10,13H2,(H2,19,20,23). The minimum atomic E-state index is 0.561. The number of rotatable bonds is 4. The molecule has 2 aromatic rings. The van der Waals surface area contributed by atoms with Gasteiger partial charge in [0.15, 0.2) is 5.11 Å². The molecule has 5 nitrogen and oxygen atoms in total. The van der Waals surface area contributed by atoms with Crippen LogP contribution in [0.1, 0.15) is 31.4 Å². The monoisotopic (exact) mass is 330 g/mol. The zero-order chi connectivity index (χ0) is 15.9. The third kappa shape index (κ3) is 4.69. The van der Waals surface area contributed by atoms with Crippen LogP contribution in [-0.4, -0.2) is 23.2 Å². The fourth-order valence-corrected chi connectivity index (χ4v) is 2.89. The van der Waals surface area contributed by atoms with Gasteiger partial charge in [-0.3, -0.25) is 0 Å². The van der Waals surface area contributed by atoms with Crippen molar-refractivity contribution in [3.05, 3.63) is 42.5 Å². The molecule has 1 fully saturated rings. The Hall–Kier alpha value is -2.08. The second-order valence-corrected chi connectivity index (χ2v) is 6.10. The van der Waals surface area contributed by atoms with Crippen LogP contribution in [0.5, 0.6) is 0 Å². The molecule has 0 spiro atoms. The van der Waals surface area contributed by atoms with Gasteiger partial charge >= 0.3 is 0 Å². The summed E-state index contributed by atoms with van der Waals surface area (Å²) >= 11 is 5.28. The maximum atomic E-state index is 5.28. The summed E-state index contributed by atoms with van der Waals surface area (Å²) in [5.74, 6) is 1.90. The van der Waals surface area contributed by atoms with Crippen molar-refractivity contribution in [1.82, 2.24) is 10.3 Å². The van der Waals surface area contributed by atoms with E-state index in [-0.39, 0.29) is 0 Å². The first kappa shape index (κ1) is 15.8. The number of anilines is 2. The minimum Gasteiger partial charge on any atom is -0.467 e. The van der Waals surface area contributed by atoms with E-state index in [2.05, 4.69) is 26.6 Å². The Kier molecular flexibility index (Phi) is 5.47. The zero-order valence-electron chi connectivity index (χ0n) is 13.1. The highest BCUT2D eigenvalue weighted by Gasteiger charge is 2.10. The van der Waals surface area contributed by atoms with Gasteiger partial charge in [-0.25, -0.2) is 4.98 Å². The second-order valence-electron chi connectivity index (χ2n) is 5.69. The van der Waals surface area contributed by atoms with Crippen molar-refractivity contribution in [3.63, 3.8) is 0 Å². The van der Waals surface area contributed by atoms with E-state index in [9.17, 15) is 0 Å². The molecule has 6 heteroatoms. The molecule has 3 rings (SSSR count). The third-order valence-electron chi connectivity index (χ3n) is 3.94. The minimum absolute atomic E-state index is 0.561. The van der Waals surface area contributed by atoms with Crippen molar-refractivity contribution in [2.24, 2.45) is 0 Å². The predicted octanol–water partition coefficient (Wildman–Crippen LogP) is 3.54. The van der Waals surface area contributed by atoms with Gasteiger partial charge in [0.2, 0.25) is 0 Å². The lowest BCUT2D eigenvalue weighted by Gasteiger charge is -2.21. The summed E-state index contributed by atoms with van der Waals surface area (Å²) in [5, 5.41) is 6.81. The number of nitrogens with one attached hydrogen (secondary N) is 2. The van der Waals surface area contributed by atoms with Crippen molar-refractivity contribution in [2.75, 3.05) is 23.3 Å². The summed E-state index contributed by atoms with van der Waals surface area (Å²) in [6, 6.07) is 7.85. The average Bonchev–Trinajstić information content (AvgIpc) is 2.94. The Balaban J connectivity index is 1.51. The molecule has 122 valence electrons. The van der Waals surface area contributed by atoms with Crippen LogP contribution in [0.25, 0.3) is 0 Å². The van der Waals surface area contributed by atoms with E-state index in [1.165, 1.54) is 25.7 Å². The fraction of sp³-hybridized carbons (Fsp3) is 0.412. The van der Waals surface area contributed by atoms with Gasteiger partial charge in [-0.05, 0) is 49.3 Å². The average molecular weight is 330 g/mol. The Morgan fingerprint density at radius 1 is 1.17 bits per heavy atom. The van der Waals surface area contributed by atoms with Crippen LogP contribution in [0.3, 0.4) is 0 Å². The van der Waals surface area contributed by atoms with E-state index in [4.69, 9.17) is 16.6 Å². The van der Waals surface area contributed by atoms with Gasteiger partial charge in [-0.15, -0.1) is 0 Å². The maximum absolute atomic E-state index is 5.28. The highest BCUT2D eigenvalue weighted by molar-refractivity contribution is 7.80. The van der Waals surface area contributed by atoms with Gasteiger partial charge in [0.1, 0.15) is 11.6 Å². The number of hydrogen-bond donors (Lipinski definition) is 2. The lowest BCUT2D eigenvalue weighted by Crippen LogP contribution is -2.28. The maximum Gasteiger partial charge on any atom is 0.171 e. The van der Waals surface area contributed by atoms with Crippen LogP contribution < -0.4 is 15.5 Å². The molecule has 1 saturated heterocycles. The van der Waals surface area contributed by atoms with Gasteiger partial charge in [0, 0.05) is 13.1 Å². The SMILES string of the molecule is S=C(NCc1ccco1)Nc1ccc(N2CCCCCC2)nc1. The Labute approximate surface area is 142 Å². The molecule has 0 saturated carbocycles. The van der Waals surface area contributed by atoms with Crippen molar-refractivity contribution in [1.29, 1.82) is 0 Å². The smallest absolute Gasteiger partial charge is 0.171 e. The molecule has 0 unspecified atom stereocenters. The van der Waals surface area contributed by atoms with Crippen molar-refractivity contribution < 1.29 is 4.42 Å². The summed E-state index contributed by atoms with van der Waals surface area (Å²) in [5.41, 5.74) is 0.889. The number of furan rings is 1. The molecule has 0 aromatic carbocycles. The van der Waals surface area contributed by atoms with E-state index in [0.29, 0.717) is 11.7 Å². The van der Waals surface area contributed by atoms with E-state index in [0.717, 1.165) is 30.4 Å². The van der Waals surface area contributed by atoms with Crippen LogP contribution in [-0.2, 0) is 6.54 Å². The van der Waals surface area contributed by atoms with Crippen molar-refractivity contribution in [2.45, 2.75) is 32.2 Å².